The van der Waals surface area contributed by atoms with Gasteiger partial charge in [0.2, 0.25) is 0 Å². The fraction of sp³-hybridized carbons (Fsp3) is 0.562. The number of nitrogens with one attached hydrogen (secondary N) is 2. The van der Waals surface area contributed by atoms with E-state index in [1.807, 2.05) is 24.3 Å². The second kappa shape index (κ2) is 9.37. The van der Waals surface area contributed by atoms with Gasteiger partial charge in [0.15, 0.2) is 0 Å². The molecule has 1 rings (SSSR count). The van der Waals surface area contributed by atoms with Gasteiger partial charge in [-0.15, -0.1) is 0 Å². The average Bonchev–Trinajstić information content (AvgIpc) is 2.50. The SMILES string of the molecule is CCCNc1ccc(C(=O)NCCN(CC)CC)cc1. The number of hydrogen-bond donors (Lipinski definition) is 2. The van der Waals surface area contributed by atoms with Crippen LogP contribution in [-0.2, 0) is 0 Å². The molecule has 1 amide bonds. The van der Waals surface area contributed by atoms with Crippen molar-refractivity contribution >= 4 is 11.6 Å². The summed E-state index contributed by atoms with van der Waals surface area (Å²) in [6, 6.07) is 7.64. The molecule has 0 aliphatic heterocycles. The molecule has 4 nitrogen and oxygen atoms in total. The largest absolute Gasteiger partial charge is 0.385 e. The maximum Gasteiger partial charge on any atom is 0.251 e. The maximum atomic E-state index is 12.0. The van der Waals surface area contributed by atoms with Gasteiger partial charge >= 0.3 is 0 Å². The Morgan fingerprint density at radius 3 is 2.25 bits per heavy atom. The number of rotatable bonds is 9. The minimum absolute atomic E-state index is 0.000743. The number of anilines is 1. The van der Waals surface area contributed by atoms with E-state index in [0.29, 0.717) is 12.1 Å². The lowest BCUT2D eigenvalue weighted by molar-refractivity contribution is 0.0949. The van der Waals surface area contributed by atoms with Crippen LogP contribution in [0.5, 0.6) is 0 Å². The van der Waals surface area contributed by atoms with Crippen molar-refractivity contribution in [3.63, 3.8) is 0 Å². The van der Waals surface area contributed by atoms with Gasteiger partial charge in [0.05, 0.1) is 0 Å². The molecule has 1 aromatic rings. The van der Waals surface area contributed by atoms with Crippen LogP contribution in [0.4, 0.5) is 5.69 Å². The summed E-state index contributed by atoms with van der Waals surface area (Å²) in [6.45, 7) is 11.0. The molecule has 0 fully saturated rings. The van der Waals surface area contributed by atoms with E-state index in [1.165, 1.54) is 0 Å². The summed E-state index contributed by atoms with van der Waals surface area (Å²) in [7, 11) is 0. The zero-order chi connectivity index (χ0) is 14.8. The van der Waals surface area contributed by atoms with E-state index in [-0.39, 0.29) is 5.91 Å². The predicted octanol–water partition coefficient (Wildman–Crippen LogP) is 2.58. The van der Waals surface area contributed by atoms with Crippen molar-refractivity contribution in [2.75, 3.05) is 38.0 Å². The number of carbonyl (C=O) groups excluding carboxylic acids is 1. The van der Waals surface area contributed by atoms with Crippen molar-refractivity contribution in [1.29, 1.82) is 0 Å². The van der Waals surface area contributed by atoms with Crippen LogP contribution >= 0.6 is 0 Å². The van der Waals surface area contributed by atoms with Crippen LogP contribution in [0, 0.1) is 0 Å². The average molecular weight is 277 g/mol. The highest BCUT2D eigenvalue weighted by Gasteiger charge is 2.05. The highest BCUT2D eigenvalue weighted by molar-refractivity contribution is 5.94. The van der Waals surface area contributed by atoms with Crippen molar-refractivity contribution in [2.24, 2.45) is 0 Å². The Morgan fingerprint density at radius 1 is 1.05 bits per heavy atom. The van der Waals surface area contributed by atoms with Gasteiger partial charge in [0, 0.05) is 30.9 Å². The molecule has 1 aromatic carbocycles. The zero-order valence-electron chi connectivity index (χ0n) is 12.9. The van der Waals surface area contributed by atoms with Gasteiger partial charge in [-0.05, 0) is 43.8 Å². The highest BCUT2D eigenvalue weighted by Crippen LogP contribution is 2.09. The summed E-state index contributed by atoms with van der Waals surface area (Å²) in [5, 5.41) is 6.26. The zero-order valence-corrected chi connectivity index (χ0v) is 12.9. The minimum atomic E-state index is -0.000743. The molecular weight excluding hydrogens is 250 g/mol. The highest BCUT2D eigenvalue weighted by atomic mass is 16.1. The third-order valence-electron chi connectivity index (χ3n) is 3.33. The van der Waals surface area contributed by atoms with Gasteiger partial charge in [-0.25, -0.2) is 0 Å². The molecule has 112 valence electrons. The Balaban J connectivity index is 2.39. The molecule has 0 radical (unpaired) electrons. The fourth-order valence-corrected chi connectivity index (χ4v) is 1.98. The maximum absolute atomic E-state index is 12.0. The van der Waals surface area contributed by atoms with Gasteiger partial charge in [-0.2, -0.15) is 0 Å². The molecule has 0 atom stereocenters. The molecule has 2 N–H and O–H groups in total. The van der Waals surface area contributed by atoms with Crippen LogP contribution in [0.15, 0.2) is 24.3 Å². The summed E-state index contributed by atoms with van der Waals surface area (Å²) in [5.74, 6) is -0.000743. The molecule has 0 heterocycles. The Kier molecular flexibility index (Phi) is 7.73. The molecule has 0 bridgehead atoms. The Labute approximate surface area is 122 Å². The summed E-state index contributed by atoms with van der Waals surface area (Å²) in [6.07, 6.45) is 1.09. The molecule has 0 aliphatic rings. The van der Waals surface area contributed by atoms with E-state index in [2.05, 4.69) is 36.3 Å². The van der Waals surface area contributed by atoms with E-state index in [0.717, 1.165) is 38.3 Å². The van der Waals surface area contributed by atoms with Crippen LogP contribution in [-0.4, -0.2) is 43.5 Å². The molecule has 0 aliphatic carbocycles. The smallest absolute Gasteiger partial charge is 0.251 e. The van der Waals surface area contributed by atoms with Gasteiger partial charge in [-0.1, -0.05) is 20.8 Å². The van der Waals surface area contributed by atoms with Crippen molar-refractivity contribution < 1.29 is 4.79 Å². The van der Waals surface area contributed by atoms with Crippen LogP contribution < -0.4 is 10.6 Å². The van der Waals surface area contributed by atoms with Crippen LogP contribution in [0.1, 0.15) is 37.6 Å². The van der Waals surface area contributed by atoms with Gasteiger partial charge < -0.3 is 15.5 Å². The lowest BCUT2D eigenvalue weighted by atomic mass is 10.2. The lowest BCUT2D eigenvalue weighted by Crippen LogP contribution is -2.34. The molecule has 0 saturated heterocycles. The molecule has 0 saturated carbocycles. The monoisotopic (exact) mass is 277 g/mol. The predicted molar refractivity (Wildman–Crippen MR) is 85.3 cm³/mol. The third kappa shape index (κ3) is 5.61. The number of benzene rings is 1. The lowest BCUT2D eigenvalue weighted by Gasteiger charge is -2.18. The normalized spacial score (nSPS) is 10.6. The van der Waals surface area contributed by atoms with Crippen LogP contribution in [0.25, 0.3) is 0 Å². The van der Waals surface area contributed by atoms with Gasteiger partial charge in [0.25, 0.3) is 5.91 Å². The van der Waals surface area contributed by atoms with E-state index in [4.69, 9.17) is 0 Å². The minimum Gasteiger partial charge on any atom is -0.385 e. The Morgan fingerprint density at radius 2 is 1.70 bits per heavy atom. The second-order valence-electron chi connectivity index (χ2n) is 4.79. The first-order chi connectivity index (χ1) is 9.71. The molecule has 0 spiro atoms. The standard InChI is InChI=1S/C16H27N3O/c1-4-11-17-15-9-7-14(8-10-15)16(20)18-12-13-19(5-2)6-3/h7-10,17H,4-6,11-13H2,1-3H3,(H,18,20). The Bertz CT molecular complexity index is 385. The molecule has 0 unspecified atom stereocenters. The van der Waals surface area contributed by atoms with E-state index < -0.39 is 0 Å². The van der Waals surface area contributed by atoms with Crippen LogP contribution in [0.3, 0.4) is 0 Å². The van der Waals surface area contributed by atoms with E-state index in [1.54, 1.807) is 0 Å². The van der Waals surface area contributed by atoms with E-state index in [9.17, 15) is 4.79 Å². The number of amides is 1. The molecular formula is C16H27N3O. The number of carbonyl (C=O) groups is 1. The first kappa shape index (κ1) is 16.5. The second-order valence-corrected chi connectivity index (χ2v) is 4.79. The summed E-state index contributed by atoms with van der Waals surface area (Å²) in [4.78, 5) is 14.3. The molecule has 20 heavy (non-hydrogen) atoms. The quantitative estimate of drug-likeness (QED) is 0.729. The third-order valence-corrected chi connectivity index (χ3v) is 3.33. The molecule has 0 aromatic heterocycles. The van der Waals surface area contributed by atoms with Crippen molar-refractivity contribution in [2.45, 2.75) is 27.2 Å². The van der Waals surface area contributed by atoms with E-state index >= 15 is 0 Å². The number of hydrogen-bond acceptors (Lipinski definition) is 3. The topological polar surface area (TPSA) is 44.4 Å². The van der Waals surface area contributed by atoms with Crippen molar-refractivity contribution in [3.8, 4) is 0 Å². The van der Waals surface area contributed by atoms with Gasteiger partial charge in [0.1, 0.15) is 0 Å². The van der Waals surface area contributed by atoms with Gasteiger partial charge in [-0.3, -0.25) is 4.79 Å². The number of likely N-dealkylation sites (N-methyl/N-ethyl adjacent to an activating group) is 1. The number of nitrogens with zero attached hydrogens (tertiary/aromatic N) is 1. The fourth-order valence-electron chi connectivity index (χ4n) is 1.98. The molecule has 4 heteroatoms. The summed E-state index contributed by atoms with van der Waals surface area (Å²) >= 11 is 0. The Hall–Kier alpha value is -1.55. The first-order valence-corrected chi connectivity index (χ1v) is 7.55. The summed E-state index contributed by atoms with van der Waals surface area (Å²) < 4.78 is 0. The summed E-state index contributed by atoms with van der Waals surface area (Å²) in [5.41, 5.74) is 1.78. The van der Waals surface area contributed by atoms with Crippen molar-refractivity contribution in [3.05, 3.63) is 29.8 Å². The van der Waals surface area contributed by atoms with Crippen molar-refractivity contribution in [1.82, 2.24) is 10.2 Å². The van der Waals surface area contributed by atoms with Crippen LogP contribution in [0.2, 0.25) is 0 Å². The first-order valence-electron chi connectivity index (χ1n) is 7.55.